The summed E-state index contributed by atoms with van der Waals surface area (Å²) in [5, 5.41) is 0. The van der Waals surface area contributed by atoms with Crippen LogP contribution in [0.1, 0.15) is 67.1 Å². The number of hydrogen-bond acceptors (Lipinski definition) is 0. The number of benzene rings is 1. The summed E-state index contributed by atoms with van der Waals surface area (Å²) in [6.07, 6.45) is 8.94. The highest BCUT2D eigenvalue weighted by molar-refractivity contribution is 5.49. The quantitative estimate of drug-likeness (QED) is 0.592. The van der Waals surface area contributed by atoms with Crippen LogP contribution in [0, 0.1) is 12.3 Å². The summed E-state index contributed by atoms with van der Waals surface area (Å²) in [5.41, 5.74) is 5.78. The van der Waals surface area contributed by atoms with E-state index in [4.69, 9.17) is 0 Å². The SMILES string of the molecule is Cc1cccc2c1C1CCC2C12CCCC2. The van der Waals surface area contributed by atoms with Gasteiger partial charge in [-0.05, 0) is 66.5 Å². The van der Waals surface area contributed by atoms with Crippen molar-refractivity contribution in [3.63, 3.8) is 0 Å². The van der Waals surface area contributed by atoms with Gasteiger partial charge in [0.05, 0.1) is 0 Å². The van der Waals surface area contributed by atoms with Gasteiger partial charge in [0.25, 0.3) is 0 Å². The maximum absolute atomic E-state index is 2.42. The monoisotopic (exact) mass is 212 g/mol. The van der Waals surface area contributed by atoms with Crippen molar-refractivity contribution in [3.8, 4) is 0 Å². The van der Waals surface area contributed by atoms with Crippen molar-refractivity contribution in [1.82, 2.24) is 0 Å². The molecule has 0 aliphatic heterocycles. The standard InChI is InChI=1S/C16H20/c1-11-5-4-6-12-13-7-8-14(15(11)12)16(13)9-2-3-10-16/h4-6,13-14H,2-3,7-10H2,1H3. The molecule has 0 saturated heterocycles. The van der Waals surface area contributed by atoms with Gasteiger partial charge >= 0.3 is 0 Å². The van der Waals surface area contributed by atoms with Crippen molar-refractivity contribution in [3.05, 3.63) is 34.9 Å². The molecule has 0 amide bonds. The Morgan fingerprint density at radius 2 is 1.81 bits per heavy atom. The van der Waals surface area contributed by atoms with Crippen molar-refractivity contribution in [1.29, 1.82) is 0 Å². The first-order valence-corrected chi connectivity index (χ1v) is 6.92. The molecule has 0 heterocycles. The van der Waals surface area contributed by atoms with Crippen molar-refractivity contribution in [2.45, 2.75) is 57.3 Å². The third-order valence-electron chi connectivity index (χ3n) is 5.75. The van der Waals surface area contributed by atoms with Crippen LogP contribution in [-0.2, 0) is 0 Å². The van der Waals surface area contributed by atoms with E-state index in [-0.39, 0.29) is 0 Å². The zero-order valence-electron chi connectivity index (χ0n) is 10.1. The molecule has 0 N–H and O–H groups in total. The van der Waals surface area contributed by atoms with E-state index in [1.54, 1.807) is 16.7 Å². The van der Waals surface area contributed by atoms with Crippen LogP contribution in [0.5, 0.6) is 0 Å². The minimum absolute atomic E-state index is 0.717. The van der Waals surface area contributed by atoms with E-state index in [0.29, 0.717) is 5.41 Å². The van der Waals surface area contributed by atoms with E-state index in [1.807, 2.05) is 0 Å². The molecule has 3 aliphatic carbocycles. The van der Waals surface area contributed by atoms with Crippen LogP contribution in [0.15, 0.2) is 18.2 Å². The first-order chi connectivity index (χ1) is 7.83. The highest BCUT2D eigenvalue weighted by Crippen LogP contribution is 2.70. The van der Waals surface area contributed by atoms with Crippen molar-refractivity contribution in [2.24, 2.45) is 5.41 Å². The first-order valence-electron chi connectivity index (χ1n) is 6.92. The van der Waals surface area contributed by atoms with Gasteiger partial charge in [0, 0.05) is 0 Å². The second-order valence-corrected chi connectivity index (χ2v) is 6.20. The van der Waals surface area contributed by atoms with Crippen LogP contribution < -0.4 is 0 Å². The maximum atomic E-state index is 2.42. The topological polar surface area (TPSA) is 0 Å². The van der Waals surface area contributed by atoms with Crippen LogP contribution >= 0.6 is 0 Å². The van der Waals surface area contributed by atoms with E-state index in [1.165, 1.54) is 38.5 Å². The number of aryl methyl sites for hydroxylation is 1. The summed E-state index contributed by atoms with van der Waals surface area (Å²) in [5.74, 6) is 1.85. The molecule has 1 aromatic carbocycles. The fourth-order valence-electron chi connectivity index (χ4n) is 5.26. The zero-order chi connectivity index (χ0) is 10.8. The van der Waals surface area contributed by atoms with E-state index < -0.39 is 0 Å². The lowest BCUT2D eigenvalue weighted by atomic mass is 9.74. The van der Waals surface area contributed by atoms with Crippen LogP contribution in [0.25, 0.3) is 0 Å². The highest BCUT2D eigenvalue weighted by Gasteiger charge is 2.57. The molecule has 1 aromatic rings. The average Bonchev–Trinajstić information content (AvgIpc) is 2.96. The third kappa shape index (κ3) is 0.885. The van der Waals surface area contributed by atoms with Gasteiger partial charge in [-0.1, -0.05) is 31.0 Å². The number of hydrogen-bond donors (Lipinski definition) is 0. The molecule has 2 fully saturated rings. The highest BCUT2D eigenvalue weighted by atomic mass is 14.6. The lowest BCUT2D eigenvalue weighted by molar-refractivity contribution is 0.260. The minimum Gasteiger partial charge on any atom is -0.0617 e. The van der Waals surface area contributed by atoms with Gasteiger partial charge in [0.1, 0.15) is 0 Å². The van der Waals surface area contributed by atoms with Gasteiger partial charge in [-0.3, -0.25) is 0 Å². The summed E-state index contributed by atoms with van der Waals surface area (Å²) < 4.78 is 0. The summed E-state index contributed by atoms with van der Waals surface area (Å²) >= 11 is 0. The zero-order valence-corrected chi connectivity index (χ0v) is 10.1. The maximum Gasteiger partial charge on any atom is -0.00938 e. The smallest absolute Gasteiger partial charge is 0.00938 e. The fraction of sp³-hybridized carbons (Fsp3) is 0.625. The van der Waals surface area contributed by atoms with Gasteiger partial charge in [0.2, 0.25) is 0 Å². The molecule has 2 bridgehead atoms. The van der Waals surface area contributed by atoms with E-state index >= 15 is 0 Å². The molecule has 3 aliphatic rings. The summed E-state index contributed by atoms with van der Waals surface area (Å²) in [4.78, 5) is 0. The second kappa shape index (κ2) is 2.91. The predicted molar refractivity (Wildman–Crippen MR) is 66.8 cm³/mol. The minimum atomic E-state index is 0.717. The summed E-state index contributed by atoms with van der Waals surface area (Å²) in [6, 6.07) is 7.02. The Labute approximate surface area is 98.1 Å². The van der Waals surface area contributed by atoms with E-state index in [0.717, 1.165) is 11.8 Å². The van der Waals surface area contributed by atoms with Crippen LogP contribution in [-0.4, -0.2) is 0 Å². The average molecular weight is 212 g/mol. The summed E-state index contributed by atoms with van der Waals surface area (Å²) in [6.45, 7) is 2.32. The van der Waals surface area contributed by atoms with Gasteiger partial charge < -0.3 is 0 Å². The van der Waals surface area contributed by atoms with Gasteiger partial charge in [-0.25, -0.2) is 0 Å². The Hall–Kier alpha value is -0.780. The van der Waals surface area contributed by atoms with E-state index in [2.05, 4.69) is 25.1 Å². The molecule has 1 spiro atoms. The molecule has 2 atom stereocenters. The van der Waals surface area contributed by atoms with Crippen molar-refractivity contribution >= 4 is 0 Å². The second-order valence-electron chi connectivity index (χ2n) is 6.20. The van der Waals surface area contributed by atoms with Crippen LogP contribution in [0.4, 0.5) is 0 Å². The Bertz CT molecular complexity index is 437. The number of fused-ring (bicyclic) bond motifs is 3. The Balaban J connectivity index is 1.93. The van der Waals surface area contributed by atoms with Gasteiger partial charge in [-0.2, -0.15) is 0 Å². The molecule has 2 saturated carbocycles. The van der Waals surface area contributed by atoms with Crippen molar-refractivity contribution in [2.75, 3.05) is 0 Å². The lowest BCUT2D eigenvalue weighted by Gasteiger charge is -2.29. The normalized spacial score (nSPS) is 33.6. The molecule has 16 heavy (non-hydrogen) atoms. The molecule has 2 unspecified atom stereocenters. The van der Waals surface area contributed by atoms with Crippen LogP contribution in [0.3, 0.4) is 0 Å². The molecule has 4 rings (SSSR count). The van der Waals surface area contributed by atoms with Crippen molar-refractivity contribution < 1.29 is 0 Å². The predicted octanol–water partition coefficient (Wildman–Crippen LogP) is 4.53. The Morgan fingerprint density at radius 3 is 2.56 bits per heavy atom. The molecule has 84 valence electrons. The van der Waals surface area contributed by atoms with E-state index in [9.17, 15) is 0 Å². The van der Waals surface area contributed by atoms with Gasteiger partial charge in [-0.15, -0.1) is 0 Å². The number of rotatable bonds is 0. The summed E-state index contributed by atoms with van der Waals surface area (Å²) in [7, 11) is 0. The Morgan fingerprint density at radius 1 is 1.06 bits per heavy atom. The van der Waals surface area contributed by atoms with Gasteiger partial charge in [0.15, 0.2) is 0 Å². The third-order valence-corrected chi connectivity index (χ3v) is 5.75. The molecule has 0 radical (unpaired) electrons. The fourth-order valence-corrected chi connectivity index (χ4v) is 5.26. The lowest BCUT2D eigenvalue weighted by Crippen LogP contribution is -2.19. The molecular weight excluding hydrogens is 192 g/mol. The molecule has 0 heteroatoms. The van der Waals surface area contributed by atoms with Crippen LogP contribution in [0.2, 0.25) is 0 Å². The molecular formula is C16H20. The molecule has 0 nitrogen and oxygen atoms in total. The Kier molecular flexibility index (Phi) is 1.69. The largest absolute Gasteiger partial charge is 0.0617 e. The molecule has 0 aromatic heterocycles. The first kappa shape index (κ1) is 9.27.